The first-order chi connectivity index (χ1) is 5.31. The van der Waals surface area contributed by atoms with Gasteiger partial charge in [-0.25, -0.2) is 4.98 Å². The van der Waals surface area contributed by atoms with Gasteiger partial charge in [0.05, 0.1) is 12.4 Å². The maximum atomic E-state index is 8.40. The molecule has 2 N–H and O–H groups in total. The average molecular weight is 197 g/mol. The molecule has 1 aromatic heterocycles. The van der Waals surface area contributed by atoms with Gasteiger partial charge in [0, 0.05) is 24.2 Å². The number of hydrogen-bond donors (Lipinski definition) is 2. The molecule has 0 spiro atoms. The number of H-pyrrole nitrogens is 1. The highest BCUT2D eigenvalue weighted by molar-refractivity contribution is 6.21. The van der Waals surface area contributed by atoms with E-state index in [1.165, 1.54) is 0 Å². The van der Waals surface area contributed by atoms with Gasteiger partial charge in [0.25, 0.3) is 0 Å². The van der Waals surface area contributed by atoms with E-state index < -0.39 is 6.10 Å². The maximum absolute atomic E-state index is 8.40. The molecule has 0 aromatic carbocycles. The number of imidazole rings is 1. The van der Waals surface area contributed by atoms with Crippen molar-refractivity contribution in [3.05, 3.63) is 18.7 Å². The van der Waals surface area contributed by atoms with Gasteiger partial charge in [-0.3, -0.25) is 0 Å². The van der Waals surface area contributed by atoms with E-state index in [4.69, 9.17) is 28.3 Å². The van der Waals surface area contributed by atoms with Crippen LogP contribution < -0.4 is 0 Å². The van der Waals surface area contributed by atoms with Crippen molar-refractivity contribution in [2.75, 3.05) is 11.8 Å². The molecule has 1 heterocycles. The summed E-state index contributed by atoms with van der Waals surface area (Å²) >= 11 is 10.2. The maximum Gasteiger partial charge on any atom is 0.0919 e. The fourth-order valence-corrected chi connectivity index (χ4v) is 0.586. The van der Waals surface area contributed by atoms with Gasteiger partial charge in [0.1, 0.15) is 0 Å². The van der Waals surface area contributed by atoms with E-state index >= 15 is 0 Å². The minimum atomic E-state index is -0.534. The van der Waals surface area contributed by atoms with Crippen molar-refractivity contribution in [3.8, 4) is 0 Å². The summed E-state index contributed by atoms with van der Waals surface area (Å²) in [6.45, 7) is 0. The molecule has 0 atom stereocenters. The van der Waals surface area contributed by atoms with E-state index in [0.29, 0.717) is 0 Å². The minimum absolute atomic E-state index is 0.226. The number of nitrogens with zero attached hydrogens (tertiary/aromatic N) is 1. The zero-order valence-electron chi connectivity index (χ0n) is 5.87. The van der Waals surface area contributed by atoms with Crippen LogP contribution in [0.25, 0.3) is 0 Å². The molecule has 0 saturated carbocycles. The molecule has 11 heavy (non-hydrogen) atoms. The van der Waals surface area contributed by atoms with Gasteiger partial charge in [-0.05, 0) is 0 Å². The number of aliphatic hydroxyl groups is 1. The van der Waals surface area contributed by atoms with E-state index in [2.05, 4.69) is 9.97 Å². The van der Waals surface area contributed by atoms with Crippen molar-refractivity contribution < 1.29 is 5.11 Å². The van der Waals surface area contributed by atoms with Gasteiger partial charge in [0.15, 0.2) is 0 Å². The van der Waals surface area contributed by atoms with Crippen molar-refractivity contribution in [1.29, 1.82) is 0 Å². The smallest absolute Gasteiger partial charge is 0.0919 e. The van der Waals surface area contributed by atoms with Gasteiger partial charge < -0.3 is 10.1 Å². The fourth-order valence-electron chi connectivity index (χ4n) is 0.256. The van der Waals surface area contributed by atoms with Crippen LogP contribution in [0.1, 0.15) is 0 Å². The predicted molar refractivity (Wildman–Crippen MR) is 46.0 cm³/mol. The van der Waals surface area contributed by atoms with E-state index in [9.17, 15) is 0 Å². The van der Waals surface area contributed by atoms with Crippen LogP contribution in [0.3, 0.4) is 0 Å². The summed E-state index contributed by atoms with van der Waals surface area (Å²) in [6.07, 6.45) is 4.55. The van der Waals surface area contributed by atoms with Crippen molar-refractivity contribution in [2.24, 2.45) is 0 Å². The number of nitrogens with one attached hydrogen (secondary N) is 1. The Hall–Kier alpha value is -0.250. The molecule has 0 aliphatic rings. The Labute approximate surface area is 75.4 Å². The molecular formula is C6H10Cl2N2O. The average Bonchev–Trinajstić information content (AvgIpc) is 2.60. The summed E-state index contributed by atoms with van der Waals surface area (Å²) in [6, 6.07) is 0. The monoisotopic (exact) mass is 196 g/mol. The zero-order chi connectivity index (χ0) is 8.53. The van der Waals surface area contributed by atoms with E-state index in [1.807, 2.05) is 0 Å². The summed E-state index contributed by atoms with van der Waals surface area (Å²) in [7, 11) is 0. The zero-order valence-corrected chi connectivity index (χ0v) is 7.39. The number of aromatic nitrogens is 2. The molecule has 0 aliphatic carbocycles. The molecule has 1 aromatic rings. The number of aromatic amines is 1. The van der Waals surface area contributed by atoms with Gasteiger partial charge >= 0.3 is 0 Å². The topological polar surface area (TPSA) is 48.9 Å². The number of hydrogen-bond acceptors (Lipinski definition) is 2. The first-order valence-electron chi connectivity index (χ1n) is 3.04. The second-order valence-electron chi connectivity index (χ2n) is 1.72. The standard InChI is InChI=1S/C3H6Cl2O.C3H4N2/c4-1-3(6)2-5;1-2-5-3-4-1/h3,6H,1-2H2;1-3H,(H,4,5). The van der Waals surface area contributed by atoms with Crippen molar-refractivity contribution >= 4 is 23.2 Å². The van der Waals surface area contributed by atoms with Crippen LogP contribution in [0, 0.1) is 0 Å². The van der Waals surface area contributed by atoms with Crippen LogP contribution in [0.2, 0.25) is 0 Å². The Kier molecular flexibility index (Phi) is 7.67. The summed E-state index contributed by atoms with van der Waals surface area (Å²) in [5, 5.41) is 8.40. The fraction of sp³-hybridized carbons (Fsp3) is 0.500. The Balaban J connectivity index is 0.000000183. The molecule has 0 bridgehead atoms. The van der Waals surface area contributed by atoms with E-state index in [-0.39, 0.29) is 11.8 Å². The summed E-state index contributed by atoms with van der Waals surface area (Å²) in [5.41, 5.74) is 0. The normalized spacial score (nSPS) is 9.09. The van der Waals surface area contributed by atoms with E-state index in [0.717, 1.165) is 0 Å². The second kappa shape index (κ2) is 7.85. The lowest BCUT2D eigenvalue weighted by Crippen LogP contribution is -2.08. The molecule has 0 fully saturated rings. The molecule has 0 aliphatic heterocycles. The molecule has 3 nitrogen and oxygen atoms in total. The highest BCUT2D eigenvalue weighted by Crippen LogP contribution is 1.88. The lowest BCUT2D eigenvalue weighted by atomic mass is 10.5. The summed E-state index contributed by atoms with van der Waals surface area (Å²) < 4.78 is 0. The van der Waals surface area contributed by atoms with Gasteiger partial charge in [0.2, 0.25) is 0 Å². The molecule has 0 amide bonds. The summed E-state index contributed by atoms with van der Waals surface area (Å²) in [4.78, 5) is 6.42. The summed E-state index contributed by atoms with van der Waals surface area (Å²) in [5.74, 6) is 0.451. The third kappa shape index (κ3) is 7.65. The molecule has 1 rings (SSSR count). The highest BCUT2D eigenvalue weighted by atomic mass is 35.5. The van der Waals surface area contributed by atoms with Crippen LogP contribution in [0.15, 0.2) is 18.7 Å². The van der Waals surface area contributed by atoms with Gasteiger partial charge in [-0.2, -0.15) is 0 Å². The first-order valence-corrected chi connectivity index (χ1v) is 4.11. The first kappa shape index (κ1) is 10.8. The Morgan fingerprint density at radius 1 is 1.45 bits per heavy atom. The van der Waals surface area contributed by atoms with Gasteiger partial charge in [-0.1, -0.05) is 0 Å². The van der Waals surface area contributed by atoms with Crippen molar-refractivity contribution in [3.63, 3.8) is 0 Å². The predicted octanol–water partition coefficient (Wildman–Crippen LogP) is 1.23. The number of rotatable bonds is 2. The van der Waals surface area contributed by atoms with Crippen LogP contribution in [0.4, 0.5) is 0 Å². The molecule has 0 radical (unpaired) electrons. The largest absolute Gasteiger partial charge is 0.391 e. The van der Waals surface area contributed by atoms with Crippen molar-refractivity contribution in [2.45, 2.75) is 6.10 Å². The van der Waals surface area contributed by atoms with Crippen LogP contribution in [-0.2, 0) is 0 Å². The Bertz CT molecular complexity index is 125. The molecule has 0 unspecified atom stereocenters. The third-order valence-electron chi connectivity index (χ3n) is 0.762. The number of alkyl halides is 2. The van der Waals surface area contributed by atoms with Crippen LogP contribution in [-0.4, -0.2) is 32.9 Å². The van der Waals surface area contributed by atoms with Gasteiger partial charge in [-0.15, -0.1) is 23.2 Å². The van der Waals surface area contributed by atoms with E-state index in [1.54, 1.807) is 18.7 Å². The molecule has 0 saturated heterocycles. The Morgan fingerprint density at radius 3 is 2.18 bits per heavy atom. The second-order valence-corrected chi connectivity index (χ2v) is 2.34. The lowest BCUT2D eigenvalue weighted by Gasteiger charge is -1.94. The third-order valence-corrected chi connectivity index (χ3v) is 1.47. The molecular weight excluding hydrogens is 187 g/mol. The molecule has 64 valence electrons. The lowest BCUT2D eigenvalue weighted by molar-refractivity contribution is 0.222. The number of aliphatic hydroxyl groups excluding tert-OH is 1. The number of halogens is 2. The Morgan fingerprint density at radius 2 is 2.09 bits per heavy atom. The quantitative estimate of drug-likeness (QED) is 0.700. The SMILES string of the molecule is OC(CCl)CCl.c1c[nH]cn1. The van der Waals surface area contributed by atoms with Crippen molar-refractivity contribution in [1.82, 2.24) is 9.97 Å². The van der Waals surface area contributed by atoms with Crippen LogP contribution in [0.5, 0.6) is 0 Å². The highest BCUT2D eigenvalue weighted by Gasteiger charge is 1.94. The minimum Gasteiger partial charge on any atom is -0.391 e. The van der Waals surface area contributed by atoms with Crippen LogP contribution >= 0.6 is 23.2 Å². The molecule has 5 heteroatoms.